The topological polar surface area (TPSA) is 32.7 Å². The van der Waals surface area contributed by atoms with Crippen molar-refractivity contribution in [3.63, 3.8) is 0 Å². The van der Waals surface area contributed by atoms with E-state index in [1.54, 1.807) is 0 Å². The van der Waals surface area contributed by atoms with Gasteiger partial charge in [-0.15, -0.1) is 0 Å². The summed E-state index contributed by atoms with van der Waals surface area (Å²) in [5.41, 5.74) is 0. The fourth-order valence-corrected chi connectivity index (χ4v) is 1.04. The second-order valence-electron chi connectivity index (χ2n) is 2.96. The van der Waals surface area contributed by atoms with Gasteiger partial charge in [-0.3, -0.25) is 4.90 Å². The lowest BCUT2D eigenvalue weighted by Crippen LogP contribution is -2.37. The number of alkyl halides is 3. The maximum atomic E-state index is 12.0. The van der Waals surface area contributed by atoms with Crippen molar-refractivity contribution >= 4 is 0 Å². The van der Waals surface area contributed by atoms with E-state index in [2.05, 4.69) is 0 Å². The molecule has 0 fully saturated rings. The summed E-state index contributed by atoms with van der Waals surface area (Å²) in [7, 11) is 1.44. The summed E-state index contributed by atoms with van der Waals surface area (Å²) in [6, 6.07) is 0. The van der Waals surface area contributed by atoms with Gasteiger partial charge in [0.1, 0.15) is 0 Å². The Morgan fingerprint density at radius 3 is 2.36 bits per heavy atom. The maximum Gasteiger partial charge on any atom is 0.401 e. The van der Waals surface area contributed by atoms with Gasteiger partial charge in [0, 0.05) is 26.8 Å². The molecule has 0 heterocycles. The quantitative estimate of drug-likeness (QED) is 0.684. The highest BCUT2D eigenvalue weighted by Gasteiger charge is 2.30. The molecule has 86 valence electrons. The molecule has 0 aromatic heterocycles. The van der Waals surface area contributed by atoms with Gasteiger partial charge in [-0.1, -0.05) is 0 Å². The van der Waals surface area contributed by atoms with E-state index in [-0.39, 0.29) is 26.3 Å². The number of ether oxygens (including phenoxy) is 1. The van der Waals surface area contributed by atoms with Crippen LogP contribution in [0.3, 0.4) is 0 Å². The fraction of sp³-hybridized carbons (Fsp3) is 1.00. The molecule has 0 bridgehead atoms. The first-order chi connectivity index (χ1) is 6.49. The van der Waals surface area contributed by atoms with E-state index in [1.807, 2.05) is 0 Å². The predicted octanol–water partition coefficient (Wildman–Crippen LogP) is 0.880. The van der Waals surface area contributed by atoms with Crippen molar-refractivity contribution in [1.29, 1.82) is 0 Å². The molecule has 0 aromatic rings. The Kier molecular flexibility index (Phi) is 6.86. The van der Waals surface area contributed by atoms with E-state index in [4.69, 9.17) is 9.84 Å². The summed E-state index contributed by atoms with van der Waals surface area (Å²) in [6.45, 7) is -0.311. The number of hydrogen-bond acceptors (Lipinski definition) is 3. The zero-order chi connectivity index (χ0) is 11.0. The molecule has 0 amide bonds. The first-order valence-corrected chi connectivity index (χ1v) is 4.38. The third-order valence-electron chi connectivity index (χ3n) is 1.65. The Hall–Kier alpha value is -0.330. The van der Waals surface area contributed by atoms with Crippen molar-refractivity contribution in [2.24, 2.45) is 0 Å². The molecule has 0 spiro atoms. The van der Waals surface area contributed by atoms with Crippen LogP contribution in [-0.4, -0.2) is 56.1 Å². The summed E-state index contributed by atoms with van der Waals surface area (Å²) in [4.78, 5) is 1.22. The van der Waals surface area contributed by atoms with Crippen molar-refractivity contribution in [2.45, 2.75) is 12.6 Å². The Balaban J connectivity index is 3.84. The van der Waals surface area contributed by atoms with E-state index in [9.17, 15) is 13.2 Å². The monoisotopic (exact) mass is 215 g/mol. The molecule has 0 saturated heterocycles. The molecular formula is C8H16F3NO2. The number of aliphatic hydroxyl groups is 1. The van der Waals surface area contributed by atoms with Crippen LogP contribution in [-0.2, 0) is 4.74 Å². The molecule has 0 aromatic carbocycles. The molecule has 0 atom stereocenters. The van der Waals surface area contributed by atoms with Crippen molar-refractivity contribution < 1.29 is 23.0 Å². The van der Waals surface area contributed by atoms with Gasteiger partial charge in [0.05, 0.1) is 13.2 Å². The molecule has 0 aliphatic rings. The SMILES string of the molecule is COCCN(CCCO)CC(F)(F)F. The molecule has 3 nitrogen and oxygen atoms in total. The molecule has 0 aliphatic carbocycles. The van der Waals surface area contributed by atoms with Crippen LogP contribution in [0.1, 0.15) is 6.42 Å². The van der Waals surface area contributed by atoms with Gasteiger partial charge in [-0.25, -0.2) is 0 Å². The molecule has 14 heavy (non-hydrogen) atoms. The Morgan fingerprint density at radius 1 is 1.29 bits per heavy atom. The summed E-state index contributed by atoms with van der Waals surface area (Å²) in [5, 5.41) is 8.50. The van der Waals surface area contributed by atoms with E-state index in [0.29, 0.717) is 6.42 Å². The van der Waals surface area contributed by atoms with Crippen LogP contribution in [0.25, 0.3) is 0 Å². The Morgan fingerprint density at radius 2 is 1.93 bits per heavy atom. The smallest absolute Gasteiger partial charge is 0.396 e. The van der Waals surface area contributed by atoms with Crippen LogP contribution in [0.2, 0.25) is 0 Å². The number of methoxy groups -OCH3 is 1. The minimum atomic E-state index is -4.19. The van der Waals surface area contributed by atoms with Gasteiger partial charge in [0.25, 0.3) is 0 Å². The van der Waals surface area contributed by atoms with E-state index >= 15 is 0 Å². The molecule has 1 N–H and O–H groups in total. The number of aliphatic hydroxyl groups excluding tert-OH is 1. The standard InChI is InChI=1S/C8H16F3NO2/c1-14-6-4-12(3-2-5-13)7-8(9,10)11/h13H,2-7H2,1H3. The highest BCUT2D eigenvalue weighted by Crippen LogP contribution is 2.16. The first kappa shape index (κ1) is 13.7. The van der Waals surface area contributed by atoms with Gasteiger partial charge >= 0.3 is 6.18 Å². The summed E-state index contributed by atoms with van der Waals surface area (Å²) < 4.78 is 40.7. The summed E-state index contributed by atoms with van der Waals surface area (Å²) in [6.07, 6.45) is -3.84. The van der Waals surface area contributed by atoms with Crippen LogP contribution < -0.4 is 0 Å². The molecule has 6 heteroatoms. The fourth-order valence-electron chi connectivity index (χ4n) is 1.04. The second kappa shape index (κ2) is 7.03. The lowest BCUT2D eigenvalue weighted by Gasteiger charge is -2.22. The lowest BCUT2D eigenvalue weighted by molar-refractivity contribution is -0.147. The Bertz CT molecular complexity index is 133. The van der Waals surface area contributed by atoms with Crippen molar-refractivity contribution in [1.82, 2.24) is 4.90 Å². The van der Waals surface area contributed by atoms with Crippen LogP contribution in [0.5, 0.6) is 0 Å². The normalized spacial score (nSPS) is 12.4. The maximum absolute atomic E-state index is 12.0. The molecule has 0 radical (unpaired) electrons. The van der Waals surface area contributed by atoms with E-state index < -0.39 is 12.7 Å². The van der Waals surface area contributed by atoms with Crippen molar-refractivity contribution in [2.75, 3.05) is 40.0 Å². The van der Waals surface area contributed by atoms with Crippen LogP contribution in [0.4, 0.5) is 13.2 Å². The van der Waals surface area contributed by atoms with Crippen LogP contribution >= 0.6 is 0 Å². The predicted molar refractivity (Wildman–Crippen MR) is 46.1 cm³/mol. The summed E-state index contributed by atoms with van der Waals surface area (Å²) >= 11 is 0. The van der Waals surface area contributed by atoms with Crippen LogP contribution in [0, 0.1) is 0 Å². The molecular weight excluding hydrogens is 199 g/mol. The van der Waals surface area contributed by atoms with Gasteiger partial charge in [-0.2, -0.15) is 13.2 Å². The number of hydrogen-bond donors (Lipinski definition) is 1. The zero-order valence-electron chi connectivity index (χ0n) is 8.18. The highest BCUT2D eigenvalue weighted by molar-refractivity contribution is 4.62. The highest BCUT2D eigenvalue weighted by atomic mass is 19.4. The zero-order valence-corrected chi connectivity index (χ0v) is 8.18. The first-order valence-electron chi connectivity index (χ1n) is 4.38. The van der Waals surface area contributed by atoms with Gasteiger partial charge < -0.3 is 9.84 Å². The summed E-state index contributed by atoms with van der Waals surface area (Å²) in [5.74, 6) is 0. The van der Waals surface area contributed by atoms with E-state index in [1.165, 1.54) is 12.0 Å². The molecule has 0 aliphatic heterocycles. The van der Waals surface area contributed by atoms with Crippen molar-refractivity contribution in [3.8, 4) is 0 Å². The van der Waals surface area contributed by atoms with E-state index in [0.717, 1.165) is 0 Å². The largest absolute Gasteiger partial charge is 0.401 e. The molecule has 0 rings (SSSR count). The third-order valence-corrected chi connectivity index (χ3v) is 1.65. The second-order valence-corrected chi connectivity index (χ2v) is 2.96. The number of nitrogens with zero attached hydrogens (tertiary/aromatic N) is 1. The minimum absolute atomic E-state index is 0.0959. The van der Waals surface area contributed by atoms with Gasteiger partial charge in [0.15, 0.2) is 0 Å². The van der Waals surface area contributed by atoms with Crippen LogP contribution in [0.15, 0.2) is 0 Å². The minimum Gasteiger partial charge on any atom is -0.396 e. The lowest BCUT2D eigenvalue weighted by atomic mass is 10.3. The van der Waals surface area contributed by atoms with Gasteiger partial charge in [-0.05, 0) is 6.42 Å². The molecule has 0 unspecified atom stereocenters. The third kappa shape index (κ3) is 8.28. The number of rotatable bonds is 7. The average Bonchev–Trinajstić information content (AvgIpc) is 2.07. The van der Waals surface area contributed by atoms with Gasteiger partial charge in [0.2, 0.25) is 0 Å². The number of halogens is 3. The molecule has 0 saturated carbocycles. The van der Waals surface area contributed by atoms with Crippen molar-refractivity contribution in [3.05, 3.63) is 0 Å². The average molecular weight is 215 g/mol. The Labute approximate surface area is 81.5 Å².